The monoisotopic (exact) mass is 378 g/mol. The zero-order valence-corrected chi connectivity index (χ0v) is 14.9. The summed E-state index contributed by atoms with van der Waals surface area (Å²) < 4.78 is 16.9. The molecule has 2 heterocycles. The van der Waals surface area contributed by atoms with Gasteiger partial charge in [0.25, 0.3) is 11.8 Å². The number of hydrogen-bond acceptors (Lipinski definition) is 5. The van der Waals surface area contributed by atoms with Gasteiger partial charge in [-0.3, -0.25) is 14.5 Å². The lowest BCUT2D eigenvalue weighted by atomic mass is 10.1. The molecule has 1 aliphatic heterocycles. The first-order valence-electron chi connectivity index (χ1n) is 8.75. The third-order valence-corrected chi connectivity index (χ3v) is 4.33. The van der Waals surface area contributed by atoms with Crippen molar-refractivity contribution in [2.45, 2.75) is 12.7 Å². The smallest absolute Gasteiger partial charge is 0.294 e. The van der Waals surface area contributed by atoms with Gasteiger partial charge in [-0.15, -0.1) is 0 Å². The fraction of sp³-hybridized carbons (Fsp3) is 0.143. The fourth-order valence-electron chi connectivity index (χ4n) is 2.95. The summed E-state index contributed by atoms with van der Waals surface area (Å²) in [6.45, 7) is 0.211. The summed E-state index contributed by atoms with van der Waals surface area (Å²) in [5, 5.41) is 0. The largest absolute Gasteiger partial charge is 0.486 e. The van der Waals surface area contributed by atoms with Crippen molar-refractivity contribution in [1.29, 1.82) is 0 Å². The van der Waals surface area contributed by atoms with E-state index < -0.39 is 12.0 Å². The molecule has 0 radical (unpaired) electrons. The van der Waals surface area contributed by atoms with Gasteiger partial charge in [-0.2, -0.15) is 0 Å². The molecule has 2 aromatic carbocycles. The average Bonchev–Trinajstić information content (AvgIpc) is 3.20. The third-order valence-electron chi connectivity index (χ3n) is 4.33. The number of amides is 2. The minimum absolute atomic E-state index is 0.0156. The van der Waals surface area contributed by atoms with Crippen LogP contribution in [0.5, 0.6) is 11.5 Å². The molecule has 0 fully saturated rings. The number of nitrogens with zero attached hydrogens (tertiary/aromatic N) is 1. The van der Waals surface area contributed by atoms with Gasteiger partial charge in [0.05, 0.1) is 12.2 Å². The zero-order chi connectivity index (χ0) is 19.5. The fourth-order valence-corrected chi connectivity index (χ4v) is 2.95. The van der Waals surface area contributed by atoms with E-state index in [1.165, 1.54) is 4.90 Å². The maximum atomic E-state index is 13.0. The van der Waals surface area contributed by atoms with Crippen LogP contribution in [-0.4, -0.2) is 24.5 Å². The molecule has 7 nitrogen and oxygen atoms in total. The first-order chi connectivity index (χ1) is 13.6. The highest BCUT2D eigenvalue weighted by Gasteiger charge is 2.34. The molecule has 142 valence electrons. The summed E-state index contributed by atoms with van der Waals surface area (Å²) in [5.74, 6) is 0.770. The van der Waals surface area contributed by atoms with Crippen molar-refractivity contribution < 1.29 is 23.5 Å². The normalized spacial score (nSPS) is 15.4. The van der Waals surface area contributed by atoms with Crippen LogP contribution in [0.25, 0.3) is 0 Å². The van der Waals surface area contributed by atoms with Crippen LogP contribution >= 0.6 is 0 Å². The molecule has 3 aromatic rings. The predicted molar refractivity (Wildman–Crippen MR) is 101 cm³/mol. The number of hydrogen-bond donors (Lipinski definition) is 1. The van der Waals surface area contributed by atoms with Gasteiger partial charge in [-0.05, 0) is 36.4 Å². The van der Waals surface area contributed by atoms with Gasteiger partial charge < -0.3 is 19.6 Å². The molecule has 0 unspecified atom stereocenters. The molecule has 1 aliphatic rings. The Hall–Kier alpha value is -3.74. The van der Waals surface area contributed by atoms with Crippen LogP contribution < -0.4 is 20.1 Å². The summed E-state index contributed by atoms with van der Waals surface area (Å²) in [6.07, 6.45) is -0.922. The average molecular weight is 378 g/mol. The topological polar surface area (TPSA) is 95.0 Å². The minimum Gasteiger partial charge on any atom is -0.486 e. The number of fused-ring (bicyclic) bond motifs is 1. The van der Waals surface area contributed by atoms with Crippen LogP contribution in [-0.2, 0) is 11.4 Å². The lowest BCUT2D eigenvalue weighted by Crippen LogP contribution is -2.49. The van der Waals surface area contributed by atoms with Crippen molar-refractivity contribution in [3.63, 3.8) is 0 Å². The highest BCUT2D eigenvalue weighted by Crippen LogP contribution is 2.34. The Morgan fingerprint density at radius 1 is 1.04 bits per heavy atom. The number of carbonyl (C=O) groups excluding carboxylic acids is 2. The number of rotatable bonds is 5. The van der Waals surface area contributed by atoms with Gasteiger partial charge in [0.2, 0.25) is 0 Å². The lowest BCUT2D eigenvalue weighted by molar-refractivity contribution is -0.124. The molecule has 2 N–H and O–H groups in total. The highest BCUT2D eigenvalue weighted by atomic mass is 16.5. The van der Waals surface area contributed by atoms with Gasteiger partial charge in [-0.25, -0.2) is 0 Å². The molecule has 0 saturated carbocycles. The van der Waals surface area contributed by atoms with Gasteiger partial charge in [0.15, 0.2) is 11.9 Å². The molecule has 1 atom stereocenters. The van der Waals surface area contributed by atoms with E-state index in [2.05, 4.69) is 0 Å². The van der Waals surface area contributed by atoms with Crippen molar-refractivity contribution in [2.75, 3.05) is 11.4 Å². The minimum atomic E-state index is -0.922. The van der Waals surface area contributed by atoms with Crippen LogP contribution in [0.1, 0.15) is 16.3 Å². The number of para-hydroxylation sites is 3. The molecule has 7 heteroatoms. The summed E-state index contributed by atoms with van der Waals surface area (Å²) in [7, 11) is 0. The molecule has 0 spiro atoms. The maximum Gasteiger partial charge on any atom is 0.294 e. The molecule has 1 aromatic heterocycles. The van der Waals surface area contributed by atoms with E-state index in [-0.39, 0.29) is 24.8 Å². The van der Waals surface area contributed by atoms with Crippen molar-refractivity contribution in [3.8, 4) is 11.5 Å². The first kappa shape index (κ1) is 17.7. The first-order valence-corrected chi connectivity index (χ1v) is 8.75. The van der Waals surface area contributed by atoms with E-state index in [0.29, 0.717) is 22.9 Å². The molecule has 2 amide bonds. The Bertz CT molecular complexity index is 999. The number of nitrogens with two attached hydrogens (primary N) is 1. The molecule has 0 bridgehead atoms. The third kappa shape index (κ3) is 3.55. The lowest BCUT2D eigenvalue weighted by Gasteiger charge is -2.32. The second-order valence-corrected chi connectivity index (χ2v) is 6.26. The Morgan fingerprint density at radius 2 is 1.79 bits per heavy atom. The Labute approximate surface area is 161 Å². The van der Waals surface area contributed by atoms with Crippen molar-refractivity contribution in [2.24, 2.45) is 5.73 Å². The second-order valence-electron chi connectivity index (χ2n) is 6.26. The predicted octanol–water partition coefficient (Wildman–Crippen LogP) is 2.75. The van der Waals surface area contributed by atoms with Crippen molar-refractivity contribution in [3.05, 3.63) is 78.3 Å². The van der Waals surface area contributed by atoms with Gasteiger partial charge in [0, 0.05) is 0 Å². The highest BCUT2D eigenvalue weighted by molar-refractivity contribution is 6.06. The standard InChI is InChI=1S/C21H18N2O5/c22-20(24)19-12-23(16-8-4-5-9-17(16)28-19)21(25)18-11-10-15(27-18)13-26-14-6-2-1-3-7-14/h1-11,19H,12-13H2,(H2,22,24)/t19-/m1/s1. The molecule has 0 aliphatic carbocycles. The van der Waals surface area contributed by atoms with Gasteiger partial charge in [0.1, 0.15) is 23.9 Å². The van der Waals surface area contributed by atoms with E-state index >= 15 is 0 Å². The van der Waals surface area contributed by atoms with E-state index in [0.717, 1.165) is 0 Å². The molecular formula is C21H18N2O5. The summed E-state index contributed by atoms with van der Waals surface area (Å²) in [5.41, 5.74) is 5.94. The second kappa shape index (κ2) is 7.48. The van der Waals surface area contributed by atoms with Crippen LogP contribution in [0.4, 0.5) is 5.69 Å². The van der Waals surface area contributed by atoms with Crippen LogP contribution in [0.3, 0.4) is 0 Å². The number of ether oxygens (including phenoxy) is 2. The number of anilines is 1. The summed E-state index contributed by atoms with van der Waals surface area (Å²) in [4.78, 5) is 26.1. The maximum absolute atomic E-state index is 13.0. The Kier molecular flexibility index (Phi) is 4.72. The van der Waals surface area contributed by atoms with Crippen LogP contribution in [0.15, 0.2) is 71.1 Å². The molecule has 28 heavy (non-hydrogen) atoms. The quantitative estimate of drug-likeness (QED) is 0.737. The van der Waals surface area contributed by atoms with E-state index in [4.69, 9.17) is 19.6 Å². The summed E-state index contributed by atoms with van der Waals surface area (Å²) >= 11 is 0. The number of primary amides is 1. The van der Waals surface area contributed by atoms with Gasteiger partial charge in [-0.1, -0.05) is 30.3 Å². The molecule has 0 saturated heterocycles. The number of benzene rings is 2. The Morgan fingerprint density at radius 3 is 2.57 bits per heavy atom. The molecule has 4 rings (SSSR count). The molecular weight excluding hydrogens is 360 g/mol. The Balaban J connectivity index is 1.52. The van der Waals surface area contributed by atoms with E-state index in [1.54, 1.807) is 36.4 Å². The van der Waals surface area contributed by atoms with Gasteiger partial charge >= 0.3 is 0 Å². The van der Waals surface area contributed by atoms with Crippen LogP contribution in [0, 0.1) is 0 Å². The van der Waals surface area contributed by atoms with Crippen LogP contribution in [0.2, 0.25) is 0 Å². The SMILES string of the molecule is NC(=O)[C@H]1CN(C(=O)c2ccc(COc3ccccc3)o2)c2ccccc2O1. The van der Waals surface area contributed by atoms with E-state index in [9.17, 15) is 9.59 Å². The van der Waals surface area contributed by atoms with Crippen molar-refractivity contribution in [1.82, 2.24) is 0 Å². The summed E-state index contributed by atoms with van der Waals surface area (Å²) in [6, 6.07) is 19.6. The zero-order valence-electron chi connectivity index (χ0n) is 14.9. The van der Waals surface area contributed by atoms with Crippen molar-refractivity contribution >= 4 is 17.5 Å². The van der Waals surface area contributed by atoms with E-state index in [1.807, 2.05) is 30.3 Å². The number of carbonyl (C=O) groups is 2. The number of furan rings is 1.